The molecular weight excluding hydrogens is 238 g/mol. The van der Waals surface area contributed by atoms with Gasteiger partial charge in [0.2, 0.25) is 0 Å². The predicted molar refractivity (Wildman–Crippen MR) is 80.4 cm³/mol. The van der Waals surface area contributed by atoms with Crippen LogP contribution < -0.4 is 10.6 Å². The van der Waals surface area contributed by atoms with Crippen LogP contribution in [0.1, 0.15) is 40.4 Å². The van der Waals surface area contributed by atoms with Crippen molar-refractivity contribution in [1.29, 1.82) is 0 Å². The molecule has 0 radical (unpaired) electrons. The SMILES string of the molecule is CC(C)CN=C(NCCc1ccco1)NC(C)(C)C. The number of hydrogen-bond acceptors (Lipinski definition) is 2. The van der Waals surface area contributed by atoms with Crippen molar-refractivity contribution in [3.63, 3.8) is 0 Å². The van der Waals surface area contributed by atoms with Crippen LogP contribution in [0.3, 0.4) is 0 Å². The number of hydrogen-bond donors (Lipinski definition) is 2. The van der Waals surface area contributed by atoms with Crippen LogP contribution in [0.25, 0.3) is 0 Å². The minimum Gasteiger partial charge on any atom is -0.469 e. The second kappa shape index (κ2) is 7.22. The van der Waals surface area contributed by atoms with E-state index >= 15 is 0 Å². The first-order valence-electron chi connectivity index (χ1n) is 6.96. The van der Waals surface area contributed by atoms with E-state index in [4.69, 9.17) is 4.42 Å². The molecule has 2 N–H and O–H groups in total. The molecule has 19 heavy (non-hydrogen) atoms. The number of nitrogens with zero attached hydrogens (tertiary/aromatic N) is 1. The second-order valence-corrected chi connectivity index (χ2v) is 6.21. The highest BCUT2D eigenvalue weighted by atomic mass is 16.3. The Morgan fingerprint density at radius 1 is 1.37 bits per heavy atom. The van der Waals surface area contributed by atoms with Crippen molar-refractivity contribution in [2.24, 2.45) is 10.9 Å². The molecule has 0 aliphatic carbocycles. The number of aliphatic imine (C=N–C) groups is 1. The topological polar surface area (TPSA) is 49.6 Å². The summed E-state index contributed by atoms with van der Waals surface area (Å²) in [6.07, 6.45) is 2.57. The van der Waals surface area contributed by atoms with Crippen LogP contribution in [0.2, 0.25) is 0 Å². The van der Waals surface area contributed by atoms with Crippen LogP contribution in [0.4, 0.5) is 0 Å². The molecule has 0 aliphatic rings. The lowest BCUT2D eigenvalue weighted by Crippen LogP contribution is -2.48. The van der Waals surface area contributed by atoms with Crippen LogP contribution >= 0.6 is 0 Å². The molecule has 1 rings (SSSR count). The van der Waals surface area contributed by atoms with Gasteiger partial charge in [-0.1, -0.05) is 13.8 Å². The summed E-state index contributed by atoms with van der Waals surface area (Å²) in [5, 5.41) is 6.75. The van der Waals surface area contributed by atoms with Gasteiger partial charge in [-0.2, -0.15) is 0 Å². The van der Waals surface area contributed by atoms with Crippen molar-refractivity contribution in [1.82, 2.24) is 10.6 Å². The van der Waals surface area contributed by atoms with Crippen molar-refractivity contribution < 1.29 is 4.42 Å². The highest BCUT2D eigenvalue weighted by molar-refractivity contribution is 5.80. The summed E-state index contributed by atoms with van der Waals surface area (Å²) in [6, 6.07) is 3.90. The third-order valence-electron chi connectivity index (χ3n) is 2.35. The number of furan rings is 1. The maximum absolute atomic E-state index is 5.31. The van der Waals surface area contributed by atoms with Gasteiger partial charge in [-0.05, 0) is 38.8 Å². The Labute approximate surface area is 116 Å². The Balaban J connectivity index is 2.46. The fourth-order valence-electron chi connectivity index (χ4n) is 1.53. The highest BCUT2D eigenvalue weighted by Crippen LogP contribution is 2.01. The van der Waals surface area contributed by atoms with Crippen molar-refractivity contribution in [2.75, 3.05) is 13.1 Å². The molecule has 0 aliphatic heterocycles. The fourth-order valence-corrected chi connectivity index (χ4v) is 1.53. The van der Waals surface area contributed by atoms with E-state index in [9.17, 15) is 0 Å². The van der Waals surface area contributed by atoms with E-state index < -0.39 is 0 Å². The van der Waals surface area contributed by atoms with E-state index in [1.165, 1.54) is 0 Å². The third kappa shape index (κ3) is 7.54. The molecule has 0 amide bonds. The summed E-state index contributed by atoms with van der Waals surface area (Å²) < 4.78 is 5.31. The molecule has 4 nitrogen and oxygen atoms in total. The summed E-state index contributed by atoms with van der Waals surface area (Å²) in [6.45, 7) is 12.4. The molecule has 0 spiro atoms. The first-order chi connectivity index (χ1) is 8.87. The van der Waals surface area contributed by atoms with Crippen molar-refractivity contribution >= 4 is 5.96 Å². The average molecular weight is 265 g/mol. The Hall–Kier alpha value is -1.45. The molecule has 0 fully saturated rings. The van der Waals surface area contributed by atoms with Gasteiger partial charge in [-0.15, -0.1) is 0 Å². The number of rotatable bonds is 5. The van der Waals surface area contributed by atoms with Gasteiger partial charge in [0.1, 0.15) is 5.76 Å². The van der Waals surface area contributed by atoms with E-state index in [0.29, 0.717) is 5.92 Å². The van der Waals surface area contributed by atoms with E-state index in [0.717, 1.165) is 31.2 Å². The maximum atomic E-state index is 5.31. The van der Waals surface area contributed by atoms with Crippen LogP contribution in [0, 0.1) is 5.92 Å². The lowest BCUT2D eigenvalue weighted by Gasteiger charge is -2.24. The first kappa shape index (κ1) is 15.6. The van der Waals surface area contributed by atoms with Gasteiger partial charge in [-0.3, -0.25) is 4.99 Å². The molecule has 1 aromatic heterocycles. The normalized spacial score (nSPS) is 12.8. The summed E-state index contributed by atoms with van der Waals surface area (Å²) in [4.78, 5) is 4.59. The van der Waals surface area contributed by atoms with Crippen LogP contribution in [-0.2, 0) is 6.42 Å². The molecular formula is C15H27N3O. The quantitative estimate of drug-likeness (QED) is 0.636. The molecule has 1 aromatic rings. The maximum Gasteiger partial charge on any atom is 0.191 e. The number of nitrogens with one attached hydrogen (secondary N) is 2. The van der Waals surface area contributed by atoms with Crippen LogP contribution in [0.5, 0.6) is 0 Å². The van der Waals surface area contributed by atoms with E-state index in [1.807, 2.05) is 12.1 Å². The van der Waals surface area contributed by atoms with Gasteiger partial charge >= 0.3 is 0 Å². The van der Waals surface area contributed by atoms with Crippen LogP contribution in [0.15, 0.2) is 27.8 Å². The summed E-state index contributed by atoms with van der Waals surface area (Å²) in [5.41, 5.74) is 0.00744. The Morgan fingerprint density at radius 3 is 2.63 bits per heavy atom. The summed E-state index contributed by atoms with van der Waals surface area (Å²) in [5.74, 6) is 2.42. The Kier molecular flexibility index (Phi) is 5.93. The number of guanidine groups is 1. The van der Waals surface area contributed by atoms with Crippen LogP contribution in [-0.4, -0.2) is 24.6 Å². The smallest absolute Gasteiger partial charge is 0.191 e. The van der Waals surface area contributed by atoms with Crippen molar-refractivity contribution in [2.45, 2.75) is 46.6 Å². The molecule has 0 bridgehead atoms. The molecule has 0 saturated heterocycles. The van der Waals surface area contributed by atoms with Gasteiger partial charge in [-0.25, -0.2) is 0 Å². The lowest BCUT2D eigenvalue weighted by molar-refractivity contribution is 0.490. The van der Waals surface area contributed by atoms with Gasteiger partial charge in [0.25, 0.3) is 0 Å². The molecule has 0 atom stereocenters. The van der Waals surface area contributed by atoms with Gasteiger partial charge < -0.3 is 15.1 Å². The van der Waals surface area contributed by atoms with Crippen molar-refractivity contribution in [3.05, 3.63) is 24.2 Å². The minimum atomic E-state index is 0.00744. The standard InChI is InChI=1S/C15H27N3O/c1-12(2)11-17-14(18-15(3,4)5)16-9-8-13-7-6-10-19-13/h6-7,10,12H,8-9,11H2,1-5H3,(H2,16,17,18). The molecule has 0 aromatic carbocycles. The van der Waals surface area contributed by atoms with Gasteiger partial charge in [0, 0.05) is 25.0 Å². The average Bonchev–Trinajstić information content (AvgIpc) is 2.76. The third-order valence-corrected chi connectivity index (χ3v) is 2.35. The largest absolute Gasteiger partial charge is 0.469 e. The molecule has 4 heteroatoms. The molecule has 108 valence electrons. The zero-order chi connectivity index (χ0) is 14.3. The lowest BCUT2D eigenvalue weighted by atomic mass is 10.1. The first-order valence-corrected chi connectivity index (χ1v) is 6.96. The summed E-state index contributed by atoms with van der Waals surface area (Å²) >= 11 is 0. The minimum absolute atomic E-state index is 0.00744. The van der Waals surface area contributed by atoms with E-state index in [-0.39, 0.29) is 5.54 Å². The zero-order valence-electron chi connectivity index (χ0n) is 12.8. The van der Waals surface area contributed by atoms with E-state index in [1.54, 1.807) is 6.26 Å². The van der Waals surface area contributed by atoms with Crippen molar-refractivity contribution in [3.8, 4) is 0 Å². The fraction of sp³-hybridized carbons (Fsp3) is 0.667. The Bertz CT molecular complexity index is 375. The Morgan fingerprint density at radius 2 is 2.11 bits per heavy atom. The van der Waals surface area contributed by atoms with Gasteiger partial charge in [0.05, 0.1) is 6.26 Å². The van der Waals surface area contributed by atoms with Gasteiger partial charge in [0.15, 0.2) is 5.96 Å². The molecule has 1 heterocycles. The molecule has 0 unspecified atom stereocenters. The zero-order valence-corrected chi connectivity index (χ0v) is 12.8. The van der Waals surface area contributed by atoms with E-state index in [2.05, 4.69) is 50.2 Å². The molecule has 0 saturated carbocycles. The summed E-state index contributed by atoms with van der Waals surface area (Å²) in [7, 11) is 0. The predicted octanol–water partition coefficient (Wildman–Crippen LogP) is 2.81. The second-order valence-electron chi connectivity index (χ2n) is 6.21. The highest BCUT2D eigenvalue weighted by Gasteiger charge is 2.12. The monoisotopic (exact) mass is 265 g/mol.